The Hall–Kier alpha value is -2.88. The van der Waals surface area contributed by atoms with Crippen LogP contribution in [0.2, 0.25) is 0 Å². The molecule has 9 nitrogen and oxygen atoms in total. The minimum Gasteiger partial charge on any atom is -0.497 e. The largest absolute Gasteiger partial charge is 0.497 e. The standard InChI is InChI=1S/C20H28N2O3.C4H4O4/c1-24-16-3-5-19-18(13-16)17-4-2-15(12-20(17)22(19)6-9-23)14-21-7-10-25-11-8-21;5-3(6)1-2-4(7)8/h3,5,13,15,23H,2,4,6-12,14H2,1H3;1-2H,(H,5,6)(H,7,8)/b;2-1+. The molecule has 1 aromatic heterocycles. The van der Waals surface area contributed by atoms with Crippen LogP contribution in [0, 0.1) is 5.92 Å². The van der Waals surface area contributed by atoms with E-state index in [2.05, 4.69) is 21.6 Å². The van der Waals surface area contributed by atoms with Gasteiger partial charge in [-0.25, -0.2) is 9.59 Å². The van der Waals surface area contributed by atoms with Crippen LogP contribution in [0.1, 0.15) is 17.7 Å². The van der Waals surface area contributed by atoms with E-state index in [1.807, 2.05) is 6.07 Å². The predicted molar refractivity (Wildman–Crippen MR) is 123 cm³/mol. The Bertz CT molecular complexity index is 976. The third-order valence-electron chi connectivity index (χ3n) is 6.09. The van der Waals surface area contributed by atoms with Gasteiger partial charge in [-0.15, -0.1) is 0 Å². The number of aliphatic carboxylic acids is 2. The summed E-state index contributed by atoms with van der Waals surface area (Å²) in [5.41, 5.74) is 4.11. The monoisotopic (exact) mass is 460 g/mol. The summed E-state index contributed by atoms with van der Waals surface area (Å²) in [6, 6.07) is 6.32. The molecule has 4 rings (SSSR count). The molecule has 1 unspecified atom stereocenters. The Kier molecular flexibility index (Phi) is 8.87. The number of ether oxygens (including phenoxy) is 2. The van der Waals surface area contributed by atoms with E-state index in [4.69, 9.17) is 19.7 Å². The number of aliphatic hydroxyl groups excluding tert-OH is 1. The van der Waals surface area contributed by atoms with Crippen LogP contribution in [0.3, 0.4) is 0 Å². The summed E-state index contributed by atoms with van der Waals surface area (Å²) < 4.78 is 13.2. The van der Waals surface area contributed by atoms with Gasteiger partial charge in [0.2, 0.25) is 0 Å². The molecule has 180 valence electrons. The first-order valence-electron chi connectivity index (χ1n) is 11.2. The van der Waals surface area contributed by atoms with Crippen molar-refractivity contribution in [1.82, 2.24) is 9.47 Å². The molecule has 2 aliphatic rings. The molecule has 2 heterocycles. The van der Waals surface area contributed by atoms with E-state index in [1.165, 1.54) is 28.6 Å². The molecule has 9 heteroatoms. The van der Waals surface area contributed by atoms with Gasteiger partial charge in [0.1, 0.15) is 5.75 Å². The van der Waals surface area contributed by atoms with Crippen LogP contribution >= 0.6 is 0 Å². The summed E-state index contributed by atoms with van der Waals surface area (Å²) >= 11 is 0. The van der Waals surface area contributed by atoms with Crippen LogP contribution in [0.4, 0.5) is 0 Å². The van der Waals surface area contributed by atoms with Gasteiger partial charge in [0.25, 0.3) is 0 Å². The number of carbonyl (C=O) groups is 2. The second-order valence-electron chi connectivity index (χ2n) is 8.22. The van der Waals surface area contributed by atoms with E-state index < -0.39 is 11.9 Å². The molecule has 0 amide bonds. The van der Waals surface area contributed by atoms with Gasteiger partial charge in [0.05, 0.1) is 26.9 Å². The van der Waals surface area contributed by atoms with Gasteiger partial charge in [0.15, 0.2) is 0 Å². The van der Waals surface area contributed by atoms with E-state index in [0.717, 1.165) is 51.4 Å². The third kappa shape index (κ3) is 6.56. The highest BCUT2D eigenvalue weighted by molar-refractivity contribution is 5.89. The summed E-state index contributed by atoms with van der Waals surface area (Å²) in [7, 11) is 1.72. The Morgan fingerprint density at radius 1 is 1.18 bits per heavy atom. The van der Waals surface area contributed by atoms with Crippen molar-refractivity contribution >= 4 is 22.8 Å². The highest BCUT2D eigenvalue weighted by atomic mass is 16.5. The number of morpholine rings is 1. The van der Waals surface area contributed by atoms with Gasteiger partial charge in [-0.05, 0) is 48.9 Å². The molecule has 0 radical (unpaired) electrons. The molecular weight excluding hydrogens is 428 g/mol. The quantitative estimate of drug-likeness (QED) is 0.535. The van der Waals surface area contributed by atoms with Gasteiger partial charge in [-0.2, -0.15) is 0 Å². The fraction of sp³-hybridized carbons (Fsp3) is 0.500. The number of aryl methyl sites for hydroxylation is 1. The number of nitrogens with zero attached hydrogens (tertiary/aromatic N) is 2. The van der Waals surface area contributed by atoms with E-state index in [-0.39, 0.29) is 6.61 Å². The lowest BCUT2D eigenvalue weighted by Gasteiger charge is -2.32. The van der Waals surface area contributed by atoms with Gasteiger partial charge in [-0.1, -0.05) is 0 Å². The zero-order valence-electron chi connectivity index (χ0n) is 18.9. The molecule has 2 aromatic rings. The predicted octanol–water partition coefficient (Wildman–Crippen LogP) is 1.79. The van der Waals surface area contributed by atoms with E-state index in [0.29, 0.717) is 24.6 Å². The van der Waals surface area contributed by atoms with Gasteiger partial charge in [0, 0.05) is 54.9 Å². The summed E-state index contributed by atoms with van der Waals surface area (Å²) in [6.07, 6.45) is 4.57. The van der Waals surface area contributed by atoms with E-state index in [9.17, 15) is 14.7 Å². The average molecular weight is 461 g/mol. The maximum Gasteiger partial charge on any atom is 0.328 e. The maximum absolute atomic E-state index is 9.56. The number of rotatable bonds is 7. The van der Waals surface area contributed by atoms with E-state index >= 15 is 0 Å². The Morgan fingerprint density at radius 2 is 1.88 bits per heavy atom. The minimum atomic E-state index is -1.26. The normalized spacial score (nSPS) is 18.5. The second-order valence-corrected chi connectivity index (χ2v) is 8.22. The number of carboxylic acids is 2. The number of fused-ring (bicyclic) bond motifs is 3. The lowest BCUT2D eigenvalue weighted by molar-refractivity contribution is -0.134. The number of carboxylic acid groups (broad SMARTS) is 2. The zero-order chi connectivity index (χ0) is 23.8. The lowest BCUT2D eigenvalue weighted by atomic mass is 9.86. The Labute approximate surface area is 192 Å². The van der Waals surface area contributed by atoms with Crippen molar-refractivity contribution in [2.45, 2.75) is 25.8 Å². The van der Waals surface area contributed by atoms with Crippen molar-refractivity contribution in [3.8, 4) is 5.75 Å². The van der Waals surface area contributed by atoms with Crippen LogP contribution < -0.4 is 4.74 Å². The number of hydrogen-bond acceptors (Lipinski definition) is 6. The lowest BCUT2D eigenvalue weighted by Crippen LogP contribution is -2.40. The molecule has 0 saturated carbocycles. The molecule has 0 bridgehead atoms. The first kappa shape index (κ1) is 24.8. The first-order chi connectivity index (χ1) is 15.9. The summed E-state index contributed by atoms with van der Waals surface area (Å²) in [5.74, 6) is -0.916. The fourth-order valence-electron chi connectivity index (χ4n) is 4.62. The molecule has 3 N–H and O–H groups in total. The number of hydrogen-bond donors (Lipinski definition) is 3. The summed E-state index contributed by atoms with van der Waals surface area (Å²) in [4.78, 5) is 21.7. The Balaban J connectivity index is 0.000000331. The van der Waals surface area contributed by atoms with Gasteiger partial charge < -0.3 is 29.4 Å². The van der Waals surface area contributed by atoms with Crippen LogP contribution in [-0.4, -0.2) is 83.3 Å². The third-order valence-corrected chi connectivity index (χ3v) is 6.09. The smallest absolute Gasteiger partial charge is 0.328 e. The molecule has 1 saturated heterocycles. The molecule has 1 aromatic carbocycles. The number of aromatic nitrogens is 1. The van der Waals surface area contributed by atoms with Crippen LogP contribution in [-0.2, 0) is 33.7 Å². The van der Waals surface area contributed by atoms with E-state index in [1.54, 1.807) is 7.11 Å². The molecular formula is C24H32N2O7. The zero-order valence-corrected chi connectivity index (χ0v) is 18.9. The highest BCUT2D eigenvalue weighted by Gasteiger charge is 2.27. The van der Waals surface area contributed by atoms with Crippen LogP contribution in [0.5, 0.6) is 5.75 Å². The van der Waals surface area contributed by atoms with Crippen LogP contribution in [0.25, 0.3) is 10.9 Å². The molecule has 1 aliphatic heterocycles. The van der Waals surface area contributed by atoms with Crippen molar-refractivity contribution in [3.05, 3.63) is 41.6 Å². The molecule has 1 atom stereocenters. The number of methoxy groups -OCH3 is 1. The summed E-state index contributed by atoms with van der Waals surface area (Å²) in [5, 5.41) is 26.5. The van der Waals surface area contributed by atoms with Gasteiger partial charge in [-0.3, -0.25) is 4.90 Å². The molecule has 0 spiro atoms. The first-order valence-corrected chi connectivity index (χ1v) is 11.2. The fourth-order valence-corrected chi connectivity index (χ4v) is 4.62. The second kappa shape index (κ2) is 11.8. The van der Waals surface area contributed by atoms with Crippen molar-refractivity contribution in [1.29, 1.82) is 0 Å². The molecule has 1 aliphatic carbocycles. The highest BCUT2D eigenvalue weighted by Crippen LogP contribution is 2.36. The van der Waals surface area contributed by atoms with Gasteiger partial charge >= 0.3 is 11.9 Å². The number of aliphatic hydroxyl groups is 1. The topological polar surface area (TPSA) is 121 Å². The van der Waals surface area contributed by atoms with Crippen molar-refractivity contribution < 1.29 is 34.4 Å². The summed E-state index contributed by atoms with van der Waals surface area (Å²) in [6.45, 7) is 5.84. The Morgan fingerprint density at radius 3 is 2.48 bits per heavy atom. The van der Waals surface area contributed by atoms with Crippen molar-refractivity contribution in [3.63, 3.8) is 0 Å². The average Bonchev–Trinajstić information content (AvgIpc) is 3.11. The number of benzene rings is 1. The minimum absolute atomic E-state index is 0.177. The molecule has 33 heavy (non-hydrogen) atoms. The SMILES string of the molecule is COc1ccc2c(c1)c1c(n2CCO)CC(CN2CCOCC2)CC1.O=C(O)/C=C/C(=O)O. The van der Waals surface area contributed by atoms with Crippen molar-refractivity contribution in [2.24, 2.45) is 5.92 Å². The maximum atomic E-state index is 9.56. The van der Waals surface area contributed by atoms with Crippen molar-refractivity contribution in [2.75, 3.05) is 46.6 Å². The molecule has 1 fully saturated rings. The van der Waals surface area contributed by atoms with Crippen LogP contribution in [0.15, 0.2) is 30.4 Å².